The standard InChI is InChI=1S/C23H24N2O5S/c1-3-30-18-10-9-17(13-19(18)29-2)14-20-22(27)25(23(28)31-20)12-11-24-21(26)15-16-7-5-4-6-8-16/h4-10,13-14H,3,11-12,15H2,1-2H3,(H,24,26). The van der Waals surface area contributed by atoms with Gasteiger partial charge in [-0.2, -0.15) is 0 Å². The highest BCUT2D eigenvalue weighted by Crippen LogP contribution is 2.34. The molecule has 2 aromatic rings. The number of hydrogen-bond donors (Lipinski definition) is 1. The van der Waals surface area contributed by atoms with Gasteiger partial charge < -0.3 is 14.8 Å². The van der Waals surface area contributed by atoms with Crippen molar-refractivity contribution in [3.63, 3.8) is 0 Å². The number of nitrogens with one attached hydrogen (secondary N) is 1. The highest BCUT2D eigenvalue weighted by Gasteiger charge is 2.34. The predicted octanol–water partition coefficient (Wildman–Crippen LogP) is 3.49. The molecule has 7 nitrogen and oxygen atoms in total. The van der Waals surface area contributed by atoms with Gasteiger partial charge in [0.2, 0.25) is 5.91 Å². The van der Waals surface area contributed by atoms with Crippen molar-refractivity contribution in [1.82, 2.24) is 10.2 Å². The van der Waals surface area contributed by atoms with E-state index in [0.717, 1.165) is 27.8 Å². The third kappa shape index (κ3) is 5.88. The maximum absolute atomic E-state index is 12.7. The quantitative estimate of drug-likeness (QED) is 0.601. The van der Waals surface area contributed by atoms with Gasteiger partial charge in [-0.05, 0) is 48.0 Å². The van der Waals surface area contributed by atoms with Crippen LogP contribution < -0.4 is 14.8 Å². The molecule has 0 atom stereocenters. The topological polar surface area (TPSA) is 84.9 Å². The normalized spacial score (nSPS) is 14.8. The lowest BCUT2D eigenvalue weighted by Crippen LogP contribution is -2.37. The molecular formula is C23H24N2O5S. The molecule has 1 aliphatic rings. The minimum atomic E-state index is -0.375. The summed E-state index contributed by atoms with van der Waals surface area (Å²) < 4.78 is 10.8. The van der Waals surface area contributed by atoms with Crippen molar-refractivity contribution >= 4 is 34.9 Å². The maximum Gasteiger partial charge on any atom is 0.293 e. The minimum Gasteiger partial charge on any atom is -0.493 e. The van der Waals surface area contributed by atoms with Crippen LogP contribution in [-0.2, 0) is 16.0 Å². The fourth-order valence-electron chi connectivity index (χ4n) is 3.04. The molecule has 31 heavy (non-hydrogen) atoms. The summed E-state index contributed by atoms with van der Waals surface area (Å²) in [6, 6.07) is 14.7. The summed E-state index contributed by atoms with van der Waals surface area (Å²) in [6.07, 6.45) is 1.90. The first-order valence-electron chi connectivity index (χ1n) is 9.88. The minimum absolute atomic E-state index is 0.120. The molecule has 0 aliphatic carbocycles. The van der Waals surface area contributed by atoms with Crippen molar-refractivity contribution in [2.45, 2.75) is 13.3 Å². The van der Waals surface area contributed by atoms with E-state index in [0.29, 0.717) is 23.0 Å². The third-order valence-electron chi connectivity index (χ3n) is 4.52. The number of imide groups is 1. The number of rotatable bonds is 9. The average Bonchev–Trinajstić information content (AvgIpc) is 3.03. The molecule has 1 aliphatic heterocycles. The third-order valence-corrected chi connectivity index (χ3v) is 5.43. The molecule has 0 radical (unpaired) electrons. The molecule has 162 valence electrons. The molecule has 2 aromatic carbocycles. The van der Waals surface area contributed by atoms with Gasteiger partial charge in [-0.3, -0.25) is 19.3 Å². The summed E-state index contributed by atoms with van der Waals surface area (Å²) in [5.41, 5.74) is 1.63. The molecular weight excluding hydrogens is 416 g/mol. The van der Waals surface area contributed by atoms with Gasteiger partial charge in [0, 0.05) is 13.1 Å². The molecule has 0 aromatic heterocycles. The zero-order chi connectivity index (χ0) is 22.2. The smallest absolute Gasteiger partial charge is 0.293 e. The van der Waals surface area contributed by atoms with Gasteiger partial charge in [0.05, 0.1) is 25.0 Å². The predicted molar refractivity (Wildman–Crippen MR) is 120 cm³/mol. The van der Waals surface area contributed by atoms with E-state index in [4.69, 9.17) is 9.47 Å². The zero-order valence-corrected chi connectivity index (χ0v) is 18.2. The van der Waals surface area contributed by atoms with E-state index in [1.807, 2.05) is 37.3 Å². The van der Waals surface area contributed by atoms with Crippen LogP contribution in [-0.4, -0.2) is 48.8 Å². The Morgan fingerprint density at radius 3 is 2.61 bits per heavy atom. The Morgan fingerprint density at radius 2 is 1.90 bits per heavy atom. The van der Waals surface area contributed by atoms with E-state index in [1.165, 1.54) is 0 Å². The van der Waals surface area contributed by atoms with Crippen molar-refractivity contribution in [2.75, 3.05) is 26.8 Å². The lowest BCUT2D eigenvalue weighted by molar-refractivity contribution is -0.124. The number of amides is 3. The maximum atomic E-state index is 12.7. The van der Waals surface area contributed by atoms with Crippen molar-refractivity contribution in [1.29, 1.82) is 0 Å². The second kappa shape index (κ2) is 10.7. The Kier molecular flexibility index (Phi) is 7.72. The van der Waals surface area contributed by atoms with Crippen molar-refractivity contribution in [3.8, 4) is 11.5 Å². The largest absolute Gasteiger partial charge is 0.493 e. The van der Waals surface area contributed by atoms with Crippen molar-refractivity contribution in [2.24, 2.45) is 0 Å². The molecule has 0 spiro atoms. The fourth-order valence-corrected chi connectivity index (χ4v) is 3.91. The molecule has 1 heterocycles. The fraction of sp³-hybridized carbons (Fsp3) is 0.261. The first-order valence-corrected chi connectivity index (χ1v) is 10.7. The number of nitrogens with zero attached hydrogens (tertiary/aromatic N) is 1. The summed E-state index contributed by atoms with van der Waals surface area (Å²) >= 11 is 0.880. The van der Waals surface area contributed by atoms with Gasteiger partial charge in [0.1, 0.15) is 0 Å². The molecule has 1 fully saturated rings. The Morgan fingerprint density at radius 1 is 1.13 bits per heavy atom. The summed E-state index contributed by atoms with van der Waals surface area (Å²) in [4.78, 5) is 38.5. The zero-order valence-electron chi connectivity index (χ0n) is 17.4. The van der Waals surface area contributed by atoms with Gasteiger partial charge >= 0.3 is 0 Å². The second-order valence-corrected chi connectivity index (χ2v) is 7.68. The Hall–Kier alpha value is -3.26. The summed E-state index contributed by atoms with van der Waals surface area (Å²) in [5.74, 6) is 0.632. The summed E-state index contributed by atoms with van der Waals surface area (Å²) in [5, 5.41) is 2.40. The van der Waals surface area contributed by atoms with E-state index < -0.39 is 0 Å². The van der Waals surface area contributed by atoms with Crippen LogP contribution in [0.1, 0.15) is 18.1 Å². The van der Waals surface area contributed by atoms with Crippen LogP contribution in [0.2, 0.25) is 0 Å². The Labute approximate surface area is 185 Å². The van der Waals surface area contributed by atoms with Crippen LogP contribution in [0, 0.1) is 0 Å². The van der Waals surface area contributed by atoms with Gasteiger partial charge in [0.25, 0.3) is 11.1 Å². The number of ether oxygens (including phenoxy) is 2. The molecule has 8 heteroatoms. The van der Waals surface area contributed by atoms with Crippen LogP contribution in [0.4, 0.5) is 4.79 Å². The highest BCUT2D eigenvalue weighted by atomic mass is 32.2. The molecule has 1 saturated heterocycles. The number of methoxy groups -OCH3 is 1. The lowest BCUT2D eigenvalue weighted by atomic mass is 10.1. The summed E-state index contributed by atoms with van der Waals surface area (Å²) in [6.45, 7) is 2.72. The highest BCUT2D eigenvalue weighted by molar-refractivity contribution is 8.18. The first-order chi connectivity index (χ1) is 15.0. The van der Waals surface area contributed by atoms with Crippen molar-refractivity contribution in [3.05, 3.63) is 64.6 Å². The van der Waals surface area contributed by atoms with Crippen LogP contribution in [0.3, 0.4) is 0 Å². The number of hydrogen-bond acceptors (Lipinski definition) is 6. The van der Waals surface area contributed by atoms with Crippen LogP contribution >= 0.6 is 11.8 Å². The second-order valence-electron chi connectivity index (χ2n) is 6.69. The van der Waals surface area contributed by atoms with E-state index in [1.54, 1.807) is 31.4 Å². The van der Waals surface area contributed by atoms with Crippen LogP contribution in [0.5, 0.6) is 11.5 Å². The van der Waals surface area contributed by atoms with Crippen LogP contribution in [0.15, 0.2) is 53.4 Å². The number of carbonyl (C=O) groups is 3. The molecule has 3 amide bonds. The molecule has 0 unspecified atom stereocenters. The van der Waals surface area contributed by atoms with E-state index >= 15 is 0 Å². The molecule has 0 saturated carbocycles. The first kappa shape index (κ1) is 22.4. The molecule has 1 N–H and O–H groups in total. The molecule has 3 rings (SSSR count). The Bertz CT molecular complexity index is 991. The lowest BCUT2D eigenvalue weighted by Gasteiger charge is -2.13. The SMILES string of the molecule is CCOc1ccc(C=C2SC(=O)N(CCNC(=O)Cc3ccccc3)C2=O)cc1OC. The number of carbonyl (C=O) groups excluding carboxylic acids is 3. The van der Waals surface area contributed by atoms with Gasteiger partial charge in [-0.1, -0.05) is 36.4 Å². The van der Waals surface area contributed by atoms with Gasteiger partial charge in [0.15, 0.2) is 11.5 Å². The number of thioether (sulfide) groups is 1. The molecule has 0 bridgehead atoms. The van der Waals surface area contributed by atoms with E-state index in [2.05, 4.69) is 5.32 Å². The Balaban J connectivity index is 1.58. The van der Waals surface area contributed by atoms with E-state index in [9.17, 15) is 14.4 Å². The van der Waals surface area contributed by atoms with Crippen LogP contribution in [0.25, 0.3) is 6.08 Å². The van der Waals surface area contributed by atoms with E-state index in [-0.39, 0.29) is 36.6 Å². The van der Waals surface area contributed by atoms with Gasteiger partial charge in [-0.15, -0.1) is 0 Å². The van der Waals surface area contributed by atoms with Gasteiger partial charge in [-0.25, -0.2) is 0 Å². The van der Waals surface area contributed by atoms with Crippen molar-refractivity contribution < 1.29 is 23.9 Å². The number of benzene rings is 2. The monoisotopic (exact) mass is 440 g/mol. The summed E-state index contributed by atoms with van der Waals surface area (Å²) in [7, 11) is 1.54. The average molecular weight is 441 g/mol.